The quantitative estimate of drug-likeness (QED) is 0.278. The van der Waals surface area contributed by atoms with E-state index in [2.05, 4.69) is 25.1 Å². The minimum atomic E-state index is -0.248. The summed E-state index contributed by atoms with van der Waals surface area (Å²) >= 11 is 13.1. The summed E-state index contributed by atoms with van der Waals surface area (Å²) < 4.78 is 8.03. The van der Waals surface area contributed by atoms with E-state index in [0.717, 1.165) is 39.8 Å². The van der Waals surface area contributed by atoms with E-state index in [1.54, 1.807) is 6.08 Å². The summed E-state index contributed by atoms with van der Waals surface area (Å²) in [6.45, 7) is 4.07. The molecule has 3 aromatic carbocycles. The second-order valence-electron chi connectivity index (χ2n) is 8.81. The van der Waals surface area contributed by atoms with Crippen LogP contribution >= 0.6 is 23.2 Å². The molecule has 178 valence electrons. The maximum atomic E-state index is 6.68. The Bertz CT molecular complexity index is 1550. The molecule has 0 unspecified atom stereocenters. The standard InChI is InChI=1S/C29H22Cl2N4O/c1-18-11-13-22(14-12-18)35-29-26(19(2)33-35)27(34-17-21(30)16-25(31)28(34)32-29)20-7-6-10-24(15-20)36-23-8-4-3-5-9-23/h3-17,27H,1-2H3/t27-/m1/s1. The Kier molecular flexibility index (Phi) is 5.67. The number of nitrogens with zero attached hydrogens (tertiary/aromatic N) is 4. The van der Waals surface area contributed by atoms with Crippen LogP contribution in [0.3, 0.4) is 0 Å². The van der Waals surface area contributed by atoms with Gasteiger partial charge < -0.3 is 9.64 Å². The van der Waals surface area contributed by atoms with Crippen LogP contribution < -0.4 is 4.74 Å². The third-order valence-electron chi connectivity index (χ3n) is 6.26. The van der Waals surface area contributed by atoms with E-state index < -0.39 is 0 Å². The van der Waals surface area contributed by atoms with Gasteiger partial charge in [-0.05, 0) is 61.9 Å². The molecule has 0 bridgehead atoms. The van der Waals surface area contributed by atoms with Crippen molar-refractivity contribution in [2.75, 3.05) is 0 Å². The molecule has 1 aromatic heterocycles. The Hall–Kier alpha value is -3.80. The minimum Gasteiger partial charge on any atom is -0.457 e. The van der Waals surface area contributed by atoms with Gasteiger partial charge in [-0.15, -0.1) is 0 Å². The number of halogens is 2. The summed E-state index contributed by atoms with van der Waals surface area (Å²) in [6, 6.07) is 25.8. The van der Waals surface area contributed by atoms with E-state index in [-0.39, 0.29) is 6.04 Å². The predicted molar refractivity (Wildman–Crippen MR) is 145 cm³/mol. The van der Waals surface area contributed by atoms with E-state index in [1.807, 2.05) is 83.4 Å². The van der Waals surface area contributed by atoms with E-state index in [4.69, 9.17) is 38.0 Å². The topological polar surface area (TPSA) is 42.7 Å². The molecule has 1 atom stereocenters. The minimum absolute atomic E-state index is 0.248. The van der Waals surface area contributed by atoms with Crippen molar-refractivity contribution in [3.05, 3.63) is 124 Å². The Labute approximate surface area is 219 Å². The van der Waals surface area contributed by atoms with Crippen molar-refractivity contribution in [3.63, 3.8) is 0 Å². The number of hydrogen-bond donors (Lipinski definition) is 0. The Morgan fingerprint density at radius 1 is 0.861 bits per heavy atom. The van der Waals surface area contributed by atoms with Crippen LogP contribution in [0.2, 0.25) is 0 Å². The van der Waals surface area contributed by atoms with Crippen molar-refractivity contribution in [2.45, 2.75) is 19.9 Å². The fraction of sp³-hybridized carbons (Fsp3) is 0.103. The molecule has 0 spiro atoms. The van der Waals surface area contributed by atoms with Gasteiger partial charge in [0.1, 0.15) is 11.5 Å². The monoisotopic (exact) mass is 512 g/mol. The van der Waals surface area contributed by atoms with Crippen molar-refractivity contribution >= 4 is 34.9 Å². The molecule has 0 radical (unpaired) electrons. The normalized spacial score (nSPS) is 16.5. The summed E-state index contributed by atoms with van der Waals surface area (Å²) in [4.78, 5) is 6.99. The van der Waals surface area contributed by atoms with Crippen molar-refractivity contribution in [2.24, 2.45) is 4.99 Å². The number of amidine groups is 1. The number of allylic oxidation sites excluding steroid dienone is 2. The second-order valence-corrected chi connectivity index (χ2v) is 9.65. The summed E-state index contributed by atoms with van der Waals surface area (Å²) in [7, 11) is 0. The van der Waals surface area contributed by atoms with E-state index >= 15 is 0 Å². The third-order valence-corrected chi connectivity index (χ3v) is 6.75. The number of aryl methyl sites for hydroxylation is 2. The lowest BCUT2D eigenvalue weighted by molar-refractivity contribution is 0.452. The average molecular weight is 513 g/mol. The summed E-state index contributed by atoms with van der Waals surface area (Å²) in [5.41, 5.74) is 4.99. The number of fused-ring (bicyclic) bond motifs is 2. The van der Waals surface area contributed by atoms with Crippen LogP contribution in [0, 0.1) is 13.8 Å². The first-order valence-corrected chi connectivity index (χ1v) is 12.3. The fourth-order valence-electron chi connectivity index (χ4n) is 4.61. The molecule has 0 aliphatic carbocycles. The number of ether oxygens (including phenoxy) is 1. The van der Waals surface area contributed by atoms with Gasteiger partial charge in [0.25, 0.3) is 0 Å². The molecule has 2 aliphatic heterocycles. The van der Waals surface area contributed by atoms with Gasteiger partial charge in [-0.3, -0.25) is 0 Å². The van der Waals surface area contributed by atoms with Crippen molar-refractivity contribution in [1.82, 2.24) is 14.7 Å². The number of aliphatic imine (C=N–C) groups is 1. The lowest BCUT2D eigenvalue weighted by atomic mass is 9.94. The van der Waals surface area contributed by atoms with Crippen molar-refractivity contribution in [3.8, 4) is 17.2 Å². The predicted octanol–water partition coefficient (Wildman–Crippen LogP) is 7.93. The Morgan fingerprint density at radius 2 is 1.61 bits per heavy atom. The van der Waals surface area contributed by atoms with Crippen LogP contribution in [-0.2, 0) is 0 Å². The van der Waals surface area contributed by atoms with Crippen LogP contribution in [0.15, 0.2) is 106 Å². The maximum absolute atomic E-state index is 6.68. The molecule has 0 amide bonds. The zero-order valence-electron chi connectivity index (χ0n) is 19.7. The van der Waals surface area contributed by atoms with E-state index in [9.17, 15) is 0 Å². The van der Waals surface area contributed by atoms with Gasteiger partial charge >= 0.3 is 0 Å². The Balaban J connectivity index is 1.52. The van der Waals surface area contributed by atoms with Gasteiger partial charge in [-0.1, -0.05) is 71.2 Å². The molecule has 2 aliphatic rings. The first kappa shape index (κ1) is 22.7. The highest BCUT2D eigenvalue weighted by Gasteiger charge is 2.38. The Morgan fingerprint density at radius 3 is 2.39 bits per heavy atom. The number of benzene rings is 3. The molecule has 36 heavy (non-hydrogen) atoms. The molecule has 7 heteroatoms. The first-order chi connectivity index (χ1) is 17.5. The van der Waals surface area contributed by atoms with E-state index in [0.29, 0.717) is 15.9 Å². The first-order valence-electron chi connectivity index (χ1n) is 11.6. The largest absolute Gasteiger partial charge is 0.457 e. The van der Waals surface area contributed by atoms with Crippen LogP contribution in [0.4, 0.5) is 5.82 Å². The molecule has 0 fully saturated rings. The molecular formula is C29H22Cl2N4O. The maximum Gasteiger partial charge on any atom is 0.164 e. The zero-order chi connectivity index (χ0) is 24.8. The number of aromatic nitrogens is 2. The highest BCUT2D eigenvalue weighted by Crippen LogP contribution is 2.46. The SMILES string of the molecule is Cc1ccc(-n2nc(C)c3c2N=C2C(Cl)=CC(Cl)=CN2[C@@H]3c2cccc(Oc3ccccc3)c2)cc1. The summed E-state index contributed by atoms with van der Waals surface area (Å²) in [6.07, 6.45) is 3.59. The van der Waals surface area contributed by atoms with Crippen LogP contribution in [0.5, 0.6) is 11.5 Å². The highest BCUT2D eigenvalue weighted by atomic mass is 35.5. The molecule has 4 aromatic rings. The van der Waals surface area contributed by atoms with Crippen molar-refractivity contribution in [1.29, 1.82) is 0 Å². The molecule has 5 nitrogen and oxygen atoms in total. The number of hydrogen-bond acceptors (Lipinski definition) is 4. The van der Waals surface area contributed by atoms with Gasteiger partial charge in [0.2, 0.25) is 0 Å². The van der Waals surface area contributed by atoms with Crippen LogP contribution in [-0.4, -0.2) is 20.5 Å². The van der Waals surface area contributed by atoms with Gasteiger partial charge in [0.05, 0.1) is 27.5 Å². The van der Waals surface area contributed by atoms with Crippen LogP contribution in [0.1, 0.15) is 28.4 Å². The smallest absolute Gasteiger partial charge is 0.164 e. The molecule has 0 saturated heterocycles. The number of para-hydroxylation sites is 1. The van der Waals surface area contributed by atoms with Crippen LogP contribution in [0.25, 0.3) is 5.69 Å². The molecular weight excluding hydrogens is 491 g/mol. The van der Waals surface area contributed by atoms with Gasteiger partial charge in [-0.2, -0.15) is 5.10 Å². The highest BCUT2D eigenvalue weighted by molar-refractivity contribution is 6.45. The lowest BCUT2D eigenvalue weighted by Gasteiger charge is -2.37. The summed E-state index contributed by atoms with van der Waals surface area (Å²) in [5.74, 6) is 2.89. The molecule has 0 N–H and O–H groups in total. The third kappa shape index (κ3) is 4.00. The summed E-state index contributed by atoms with van der Waals surface area (Å²) in [5, 5.41) is 5.91. The number of rotatable bonds is 4. The molecule has 3 heterocycles. The van der Waals surface area contributed by atoms with Gasteiger partial charge in [-0.25, -0.2) is 9.67 Å². The van der Waals surface area contributed by atoms with Gasteiger partial charge in [0.15, 0.2) is 11.7 Å². The van der Waals surface area contributed by atoms with E-state index in [1.165, 1.54) is 5.56 Å². The second kappa shape index (κ2) is 9.01. The van der Waals surface area contributed by atoms with Gasteiger partial charge in [0, 0.05) is 11.8 Å². The fourth-order valence-corrected chi connectivity index (χ4v) is 5.14. The average Bonchev–Trinajstić information content (AvgIpc) is 3.20. The zero-order valence-corrected chi connectivity index (χ0v) is 21.2. The molecule has 0 saturated carbocycles. The van der Waals surface area contributed by atoms with Crippen molar-refractivity contribution < 1.29 is 4.74 Å². The lowest BCUT2D eigenvalue weighted by Crippen LogP contribution is -2.35. The molecule has 6 rings (SSSR count).